The Morgan fingerprint density at radius 2 is 2.08 bits per heavy atom. The van der Waals surface area contributed by atoms with E-state index in [2.05, 4.69) is 51.8 Å². The number of likely N-dealkylation sites (tertiary alicyclic amines) is 1. The van der Waals surface area contributed by atoms with E-state index in [1.807, 2.05) is 7.05 Å². The fourth-order valence-electron chi connectivity index (χ4n) is 4.09. The van der Waals surface area contributed by atoms with E-state index in [1.165, 1.54) is 43.4 Å². The molecule has 1 aliphatic carbocycles. The molecule has 5 heteroatoms. The molecule has 1 N–H and O–H groups in total. The summed E-state index contributed by atoms with van der Waals surface area (Å²) in [4.78, 5) is 11.7. The van der Waals surface area contributed by atoms with Crippen LogP contribution in [0.15, 0.2) is 34.6 Å². The highest BCUT2D eigenvalue weighted by atomic mass is 32.1. The topological polar surface area (TPSA) is 40.5 Å². The third-order valence-corrected chi connectivity index (χ3v) is 6.82. The summed E-state index contributed by atoms with van der Waals surface area (Å²) in [6.45, 7) is 5.32. The number of benzene rings is 1. The lowest BCUT2D eigenvalue weighted by molar-refractivity contribution is 0.151. The minimum atomic E-state index is 0.607. The zero-order valence-electron chi connectivity index (χ0n) is 15.8. The van der Waals surface area contributed by atoms with Crippen molar-refractivity contribution in [3.8, 4) is 10.6 Å². The second kappa shape index (κ2) is 7.39. The molecule has 2 fully saturated rings. The molecule has 4 nitrogen and oxygen atoms in total. The maximum atomic E-state index is 4.80. The van der Waals surface area contributed by atoms with Gasteiger partial charge in [0.15, 0.2) is 5.96 Å². The monoisotopic (exact) mass is 368 g/mol. The van der Waals surface area contributed by atoms with Crippen molar-refractivity contribution in [3.63, 3.8) is 0 Å². The first kappa shape index (κ1) is 17.5. The predicted octanol–water partition coefficient (Wildman–Crippen LogP) is 4.11. The maximum absolute atomic E-state index is 4.80. The van der Waals surface area contributed by atoms with Crippen LogP contribution < -0.4 is 5.32 Å². The van der Waals surface area contributed by atoms with Gasteiger partial charge in [-0.2, -0.15) is 0 Å². The van der Waals surface area contributed by atoms with Crippen LogP contribution in [-0.4, -0.2) is 42.5 Å². The van der Waals surface area contributed by atoms with Crippen LogP contribution >= 0.6 is 11.3 Å². The fourth-order valence-corrected chi connectivity index (χ4v) is 4.95. The number of aryl methyl sites for hydroxylation is 1. The molecule has 1 aromatic heterocycles. The number of aliphatic imine (C=N–C) groups is 1. The Kier molecular flexibility index (Phi) is 4.98. The van der Waals surface area contributed by atoms with Crippen molar-refractivity contribution in [1.82, 2.24) is 15.2 Å². The van der Waals surface area contributed by atoms with Crippen molar-refractivity contribution in [2.75, 3.05) is 26.7 Å². The molecule has 0 amide bonds. The third-order valence-electron chi connectivity index (χ3n) is 5.88. The molecule has 0 unspecified atom stereocenters. The standard InChI is InChI=1S/C21H28N4S/c1-16-4-6-17(7-5-16)19-24-18(14-26-19)8-12-23-20(22-2)25-13-11-21(15-25)9-3-10-21/h4-7,14H,3,8-13,15H2,1-2H3,(H,22,23). The number of hydrogen-bond donors (Lipinski definition) is 1. The van der Waals surface area contributed by atoms with Gasteiger partial charge in [0, 0.05) is 44.0 Å². The van der Waals surface area contributed by atoms with E-state index in [0.717, 1.165) is 36.2 Å². The van der Waals surface area contributed by atoms with Gasteiger partial charge in [0.25, 0.3) is 0 Å². The highest BCUT2D eigenvalue weighted by Gasteiger charge is 2.43. The summed E-state index contributed by atoms with van der Waals surface area (Å²) in [6, 6.07) is 8.60. The lowest BCUT2D eigenvalue weighted by atomic mass is 9.68. The Hall–Kier alpha value is -1.88. The first-order chi connectivity index (χ1) is 12.7. The lowest BCUT2D eigenvalue weighted by Gasteiger charge is -2.38. The van der Waals surface area contributed by atoms with Crippen LogP contribution in [0, 0.1) is 12.3 Å². The van der Waals surface area contributed by atoms with Gasteiger partial charge >= 0.3 is 0 Å². The first-order valence-electron chi connectivity index (χ1n) is 9.65. The molecule has 4 rings (SSSR count). The van der Waals surface area contributed by atoms with Crippen molar-refractivity contribution in [3.05, 3.63) is 40.9 Å². The van der Waals surface area contributed by atoms with Crippen LogP contribution in [0.4, 0.5) is 0 Å². The minimum Gasteiger partial charge on any atom is -0.356 e. The van der Waals surface area contributed by atoms with Crippen LogP contribution in [0.3, 0.4) is 0 Å². The molecule has 1 aromatic carbocycles. The summed E-state index contributed by atoms with van der Waals surface area (Å²) in [5.74, 6) is 1.06. The average Bonchev–Trinajstić information content (AvgIpc) is 3.27. The smallest absolute Gasteiger partial charge is 0.193 e. The number of aromatic nitrogens is 1. The van der Waals surface area contributed by atoms with Gasteiger partial charge in [-0.15, -0.1) is 11.3 Å². The SMILES string of the molecule is CN=C(NCCc1csc(-c2ccc(C)cc2)n1)N1CCC2(CCC2)C1. The molecule has 2 heterocycles. The zero-order chi connectivity index (χ0) is 18.0. The Labute approximate surface area is 160 Å². The number of rotatable bonds is 4. The molecule has 2 aliphatic rings. The molecule has 138 valence electrons. The Balaban J connectivity index is 1.29. The predicted molar refractivity (Wildman–Crippen MR) is 110 cm³/mol. The van der Waals surface area contributed by atoms with Crippen molar-refractivity contribution in [2.24, 2.45) is 10.4 Å². The molecule has 1 saturated heterocycles. The highest BCUT2D eigenvalue weighted by Crippen LogP contribution is 2.47. The van der Waals surface area contributed by atoms with E-state index in [9.17, 15) is 0 Å². The average molecular weight is 369 g/mol. The molecular weight excluding hydrogens is 340 g/mol. The molecule has 0 radical (unpaired) electrons. The second-order valence-electron chi connectivity index (χ2n) is 7.76. The molecule has 1 aliphatic heterocycles. The summed E-state index contributed by atoms with van der Waals surface area (Å²) in [6.07, 6.45) is 6.48. The summed E-state index contributed by atoms with van der Waals surface area (Å²) >= 11 is 1.73. The Bertz CT molecular complexity index is 774. The van der Waals surface area contributed by atoms with E-state index in [-0.39, 0.29) is 0 Å². The van der Waals surface area contributed by atoms with Crippen LogP contribution in [0.2, 0.25) is 0 Å². The van der Waals surface area contributed by atoms with Crippen LogP contribution in [0.5, 0.6) is 0 Å². The number of hydrogen-bond acceptors (Lipinski definition) is 3. The maximum Gasteiger partial charge on any atom is 0.193 e. The van der Waals surface area contributed by atoms with Crippen molar-refractivity contribution < 1.29 is 0 Å². The summed E-state index contributed by atoms with van der Waals surface area (Å²) in [7, 11) is 1.90. The molecule has 0 atom stereocenters. The van der Waals surface area contributed by atoms with Gasteiger partial charge in [-0.25, -0.2) is 4.98 Å². The van der Waals surface area contributed by atoms with Gasteiger partial charge in [0.05, 0.1) is 5.69 Å². The van der Waals surface area contributed by atoms with E-state index in [4.69, 9.17) is 4.98 Å². The van der Waals surface area contributed by atoms with Crippen LogP contribution in [-0.2, 0) is 6.42 Å². The Morgan fingerprint density at radius 3 is 2.73 bits per heavy atom. The zero-order valence-corrected chi connectivity index (χ0v) is 16.6. The highest BCUT2D eigenvalue weighted by molar-refractivity contribution is 7.13. The van der Waals surface area contributed by atoms with Crippen LogP contribution in [0.25, 0.3) is 10.6 Å². The summed E-state index contributed by atoms with van der Waals surface area (Å²) < 4.78 is 0. The molecule has 0 bridgehead atoms. The van der Waals surface area contributed by atoms with Gasteiger partial charge in [0.1, 0.15) is 5.01 Å². The number of nitrogens with zero attached hydrogens (tertiary/aromatic N) is 3. The van der Waals surface area contributed by atoms with Gasteiger partial charge < -0.3 is 10.2 Å². The van der Waals surface area contributed by atoms with Crippen molar-refractivity contribution in [2.45, 2.75) is 39.0 Å². The fraction of sp³-hybridized carbons (Fsp3) is 0.524. The van der Waals surface area contributed by atoms with Gasteiger partial charge in [-0.3, -0.25) is 4.99 Å². The normalized spacial score (nSPS) is 19.0. The summed E-state index contributed by atoms with van der Waals surface area (Å²) in [5, 5.41) is 6.83. The molecule has 1 saturated carbocycles. The number of thiazole rings is 1. The van der Waals surface area contributed by atoms with Gasteiger partial charge in [0.2, 0.25) is 0 Å². The summed E-state index contributed by atoms with van der Waals surface area (Å²) in [5.41, 5.74) is 4.26. The van der Waals surface area contributed by atoms with Gasteiger partial charge in [-0.05, 0) is 31.6 Å². The Morgan fingerprint density at radius 1 is 1.27 bits per heavy atom. The molecule has 26 heavy (non-hydrogen) atoms. The molecule has 2 aromatic rings. The number of nitrogens with one attached hydrogen (secondary N) is 1. The second-order valence-corrected chi connectivity index (χ2v) is 8.62. The quantitative estimate of drug-likeness (QED) is 0.652. The molecular formula is C21H28N4S. The van der Waals surface area contributed by atoms with Gasteiger partial charge in [-0.1, -0.05) is 36.2 Å². The number of guanidine groups is 1. The lowest BCUT2D eigenvalue weighted by Crippen LogP contribution is -2.43. The van der Waals surface area contributed by atoms with Crippen molar-refractivity contribution in [1.29, 1.82) is 0 Å². The molecule has 1 spiro atoms. The minimum absolute atomic E-state index is 0.607. The van der Waals surface area contributed by atoms with E-state index in [1.54, 1.807) is 11.3 Å². The largest absolute Gasteiger partial charge is 0.356 e. The van der Waals surface area contributed by atoms with E-state index >= 15 is 0 Å². The van der Waals surface area contributed by atoms with Crippen LogP contribution in [0.1, 0.15) is 36.9 Å². The third kappa shape index (κ3) is 3.63. The van der Waals surface area contributed by atoms with E-state index < -0.39 is 0 Å². The van der Waals surface area contributed by atoms with E-state index in [0.29, 0.717) is 5.41 Å². The first-order valence-corrected chi connectivity index (χ1v) is 10.5. The van der Waals surface area contributed by atoms with Crippen molar-refractivity contribution >= 4 is 17.3 Å².